The Balaban J connectivity index is 2.12. The zero-order valence-corrected chi connectivity index (χ0v) is 10.8. The van der Waals surface area contributed by atoms with Crippen molar-refractivity contribution in [2.45, 2.75) is 0 Å². The summed E-state index contributed by atoms with van der Waals surface area (Å²) in [6, 6.07) is 9.25. The summed E-state index contributed by atoms with van der Waals surface area (Å²) in [5, 5.41) is 11.2. The third-order valence-electron chi connectivity index (χ3n) is 2.82. The van der Waals surface area contributed by atoms with Gasteiger partial charge in [0.15, 0.2) is 5.58 Å². The van der Waals surface area contributed by atoms with E-state index >= 15 is 0 Å². The van der Waals surface area contributed by atoms with Gasteiger partial charge in [0.25, 0.3) is 5.69 Å². The molecule has 2 aromatic carbocycles. The molecule has 0 aliphatic carbocycles. The van der Waals surface area contributed by atoms with Crippen LogP contribution >= 0.6 is 11.6 Å². The standard InChI is InChI=1S/C13H8ClN3O3/c14-9-3-1-7(5-10(9)15)13-16-11-6-8(17(18)19)2-4-12(11)20-13/h1-6H,15H2. The van der Waals surface area contributed by atoms with Crippen LogP contribution in [0.1, 0.15) is 0 Å². The maximum atomic E-state index is 10.7. The fraction of sp³-hybridized carbons (Fsp3) is 0. The van der Waals surface area contributed by atoms with Crippen molar-refractivity contribution in [3.63, 3.8) is 0 Å². The molecule has 6 nitrogen and oxygen atoms in total. The van der Waals surface area contributed by atoms with E-state index in [1.807, 2.05) is 0 Å². The number of halogens is 1. The van der Waals surface area contributed by atoms with Crippen molar-refractivity contribution in [1.29, 1.82) is 0 Å². The fourth-order valence-corrected chi connectivity index (χ4v) is 1.95. The highest BCUT2D eigenvalue weighted by molar-refractivity contribution is 6.33. The van der Waals surface area contributed by atoms with Crippen LogP contribution in [-0.2, 0) is 0 Å². The molecule has 0 amide bonds. The normalized spacial score (nSPS) is 10.8. The Hall–Kier alpha value is -2.60. The Morgan fingerprint density at radius 3 is 2.75 bits per heavy atom. The number of fused-ring (bicyclic) bond motifs is 1. The largest absolute Gasteiger partial charge is 0.436 e. The number of rotatable bonds is 2. The highest BCUT2D eigenvalue weighted by Gasteiger charge is 2.13. The molecule has 0 unspecified atom stereocenters. The van der Waals surface area contributed by atoms with Crippen molar-refractivity contribution in [2.75, 3.05) is 5.73 Å². The molecule has 0 fully saturated rings. The number of non-ortho nitro benzene ring substituents is 1. The number of nitrogens with two attached hydrogens (primary N) is 1. The molecule has 0 saturated heterocycles. The number of nitrogens with zero attached hydrogens (tertiary/aromatic N) is 2. The first kappa shape index (κ1) is 12.4. The number of nitro groups is 1. The van der Waals surface area contributed by atoms with Gasteiger partial charge < -0.3 is 10.2 Å². The van der Waals surface area contributed by atoms with Crippen molar-refractivity contribution in [3.8, 4) is 11.5 Å². The van der Waals surface area contributed by atoms with E-state index in [0.717, 1.165) is 0 Å². The maximum absolute atomic E-state index is 10.7. The Morgan fingerprint density at radius 2 is 2.05 bits per heavy atom. The lowest BCUT2D eigenvalue weighted by atomic mass is 10.2. The lowest BCUT2D eigenvalue weighted by Crippen LogP contribution is -1.87. The zero-order chi connectivity index (χ0) is 14.3. The second-order valence-corrected chi connectivity index (χ2v) is 4.57. The van der Waals surface area contributed by atoms with Gasteiger partial charge in [-0.2, -0.15) is 0 Å². The van der Waals surface area contributed by atoms with E-state index in [9.17, 15) is 10.1 Å². The van der Waals surface area contributed by atoms with Crippen LogP contribution in [0.5, 0.6) is 0 Å². The van der Waals surface area contributed by atoms with E-state index in [1.165, 1.54) is 18.2 Å². The highest BCUT2D eigenvalue weighted by Crippen LogP contribution is 2.30. The average Bonchev–Trinajstić information content (AvgIpc) is 2.84. The van der Waals surface area contributed by atoms with E-state index in [4.69, 9.17) is 21.8 Å². The molecule has 1 heterocycles. The predicted molar refractivity (Wildman–Crippen MR) is 75.5 cm³/mol. The summed E-state index contributed by atoms with van der Waals surface area (Å²) in [4.78, 5) is 14.5. The molecule has 0 radical (unpaired) electrons. The van der Waals surface area contributed by atoms with Gasteiger partial charge in [0.05, 0.1) is 15.6 Å². The Labute approximate surface area is 117 Å². The van der Waals surface area contributed by atoms with Crippen LogP contribution in [0.2, 0.25) is 5.02 Å². The summed E-state index contributed by atoms with van der Waals surface area (Å²) in [7, 11) is 0. The van der Waals surface area contributed by atoms with Gasteiger partial charge >= 0.3 is 0 Å². The fourth-order valence-electron chi connectivity index (χ4n) is 1.83. The summed E-state index contributed by atoms with van der Waals surface area (Å²) in [5.41, 5.74) is 7.65. The van der Waals surface area contributed by atoms with Crippen LogP contribution in [0.25, 0.3) is 22.6 Å². The highest BCUT2D eigenvalue weighted by atomic mass is 35.5. The molecule has 0 saturated carbocycles. The van der Waals surface area contributed by atoms with Gasteiger partial charge in [0.2, 0.25) is 5.89 Å². The second kappa shape index (κ2) is 4.50. The van der Waals surface area contributed by atoms with E-state index < -0.39 is 4.92 Å². The molecular formula is C13H8ClN3O3. The minimum absolute atomic E-state index is 0.0343. The van der Waals surface area contributed by atoms with E-state index in [-0.39, 0.29) is 5.69 Å². The van der Waals surface area contributed by atoms with E-state index in [1.54, 1.807) is 18.2 Å². The number of hydrogen-bond donors (Lipinski definition) is 1. The lowest BCUT2D eigenvalue weighted by Gasteiger charge is -1.99. The van der Waals surface area contributed by atoms with Gasteiger partial charge in [0, 0.05) is 17.7 Å². The second-order valence-electron chi connectivity index (χ2n) is 4.16. The first-order chi connectivity index (χ1) is 9.54. The Morgan fingerprint density at radius 1 is 1.25 bits per heavy atom. The summed E-state index contributed by atoms with van der Waals surface area (Å²) in [6.07, 6.45) is 0. The van der Waals surface area contributed by atoms with Crippen molar-refractivity contribution in [1.82, 2.24) is 4.98 Å². The number of nitrogen functional groups attached to an aromatic ring is 1. The van der Waals surface area contributed by atoms with Crippen LogP contribution in [0.15, 0.2) is 40.8 Å². The number of hydrogen-bond acceptors (Lipinski definition) is 5. The van der Waals surface area contributed by atoms with E-state index in [0.29, 0.717) is 33.3 Å². The first-order valence-corrected chi connectivity index (χ1v) is 6.03. The van der Waals surface area contributed by atoms with E-state index in [2.05, 4.69) is 4.98 Å². The van der Waals surface area contributed by atoms with Crippen LogP contribution in [-0.4, -0.2) is 9.91 Å². The van der Waals surface area contributed by atoms with Gasteiger partial charge in [-0.1, -0.05) is 11.6 Å². The maximum Gasteiger partial charge on any atom is 0.271 e. The molecule has 2 N–H and O–H groups in total. The SMILES string of the molecule is Nc1cc(-c2nc3cc([N+](=O)[O-])ccc3o2)ccc1Cl. The molecule has 100 valence electrons. The van der Waals surface area contributed by atoms with Gasteiger partial charge in [-0.05, 0) is 24.3 Å². The summed E-state index contributed by atoms with van der Waals surface area (Å²) in [5.74, 6) is 0.337. The lowest BCUT2D eigenvalue weighted by molar-refractivity contribution is -0.384. The molecule has 0 atom stereocenters. The molecule has 1 aromatic heterocycles. The van der Waals surface area contributed by atoms with Crippen LogP contribution in [0.4, 0.5) is 11.4 Å². The third kappa shape index (κ3) is 2.06. The van der Waals surface area contributed by atoms with Crippen molar-refractivity contribution < 1.29 is 9.34 Å². The van der Waals surface area contributed by atoms with Crippen molar-refractivity contribution in [3.05, 3.63) is 51.5 Å². The monoisotopic (exact) mass is 289 g/mol. The topological polar surface area (TPSA) is 95.2 Å². The Bertz CT molecular complexity index is 829. The molecule has 3 rings (SSSR count). The van der Waals surface area contributed by atoms with Crippen LogP contribution < -0.4 is 5.73 Å². The minimum Gasteiger partial charge on any atom is -0.436 e. The predicted octanol–water partition coefficient (Wildman–Crippen LogP) is 3.64. The molecular weight excluding hydrogens is 282 g/mol. The Kier molecular flexibility index (Phi) is 2.80. The minimum atomic E-state index is -0.478. The summed E-state index contributed by atoms with van der Waals surface area (Å²) < 4.78 is 5.55. The molecule has 7 heteroatoms. The third-order valence-corrected chi connectivity index (χ3v) is 3.17. The number of benzene rings is 2. The molecule has 0 spiro atoms. The average molecular weight is 290 g/mol. The van der Waals surface area contributed by atoms with Gasteiger partial charge in [-0.3, -0.25) is 10.1 Å². The van der Waals surface area contributed by atoms with Gasteiger partial charge in [0.1, 0.15) is 5.52 Å². The zero-order valence-electron chi connectivity index (χ0n) is 10.0. The van der Waals surface area contributed by atoms with Crippen molar-refractivity contribution >= 4 is 34.1 Å². The van der Waals surface area contributed by atoms with Gasteiger partial charge in [-0.25, -0.2) is 4.98 Å². The molecule has 0 bridgehead atoms. The molecule has 0 aliphatic heterocycles. The summed E-state index contributed by atoms with van der Waals surface area (Å²) in [6.45, 7) is 0. The van der Waals surface area contributed by atoms with Crippen LogP contribution in [0, 0.1) is 10.1 Å². The smallest absolute Gasteiger partial charge is 0.271 e. The summed E-state index contributed by atoms with van der Waals surface area (Å²) >= 11 is 5.85. The number of anilines is 1. The van der Waals surface area contributed by atoms with Crippen LogP contribution in [0.3, 0.4) is 0 Å². The molecule has 3 aromatic rings. The number of oxazole rings is 1. The molecule has 0 aliphatic rings. The number of aromatic nitrogens is 1. The number of nitro benzene ring substituents is 1. The first-order valence-electron chi connectivity index (χ1n) is 5.65. The quantitative estimate of drug-likeness (QED) is 0.441. The van der Waals surface area contributed by atoms with Gasteiger partial charge in [-0.15, -0.1) is 0 Å². The van der Waals surface area contributed by atoms with Crippen molar-refractivity contribution in [2.24, 2.45) is 0 Å². The molecule has 20 heavy (non-hydrogen) atoms.